The number of esters is 1. The zero-order chi connectivity index (χ0) is 12.3. The summed E-state index contributed by atoms with van der Waals surface area (Å²) >= 11 is 0. The molecule has 0 atom stereocenters. The first-order chi connectivity index (χ1) is 7.51. The first-order valence-corrected chi connectivity index (χ1v) is 4.11. The number of hydrogen-bond acceptors (Lipinski definition) is 3. The summed E-state index contributed by atoms with van der Waals surface area (Å²) in [4.78, 5) is 11.1. The van der Waals surface area contributed by atoms with E-state index in [2.05, 4.69) is 4.74 Å². The Morgan fingerprint density at radius 1 is 1.50 bits per heavy atom. The van der Waals surface area contributed by atoms with Crippen LogP contribution in [-0.4, -0.2) is 13.1 Å². The average Bonchev–Trinajstić information content (AvgIpc) is 2.28. The number of rotatable bonds is 2. The minimum atomic E-state index is -3.10. The van der Waals surface area contributed by atoms with Gasteiger partial charge in [-0.1, -0.05) is 0 Å². The monoisotopic (exact) mass is 229 g/mol. The molecule has 0 heterocycles. The minimum absolute atomic E-state index is 0.225. The van der Waals surface area contributed by atoms with E-state index in [1.54, 1.807) is 6.07 Å². The molecule has 16 heavy (non-hydrogen) atoms. The van der Waals surface area contributed by atoms with E-state index in [9.17, 15) is 18.0 Å². The lowest BCUT2D eigenvalue weighted by molar-refractivity contribution is 0.0594. The quantitative estimate of drug-likeness (QED) is 0.731. The Bertz CT molecular complexity index is 466. The predicted octanol–water partition coefficient (Wildman–Crippen LogP) is 2.42. The molecule has 0 unspecified atom stereocenters. The summed E-state index contributed by atoms with van der Waals surface area (Å²) in [7, 11) is 0.989. The zero-order valence-corrected chi connectivity index (χ0v) is 8.13. The molecule has 3 nitrogen and oxygen atoms in total. The van der Waals surface area contributed by atoms with Gasteiger partial charge in [0.2, 0.25) is 0 Å². The fourth-order valence-electron chi connectivity index (χ4n) is 1.13. The Morgan fingerprint density at radius 3 is 2.56 bits per heavy atom. The second kappa shape index (κ2) is 4.66. The number of nitrogens with zero attached hydrogens (tertiary/aromatic N) is 1. The summed E-state index contributed by atoms with van der Waals surface area (Å²) in [6.45, 7) is 0. The van der Waals surface area contributed by atoms with Crippen molar-refractivity contribution >= 4 is 5.97 Å². The van der Waals surface area contributed by atoms with Gasteiger partial charge in [-0.3, -0.25) is 0 Å². The van der Waals surface area contributed by atoms with Crippen LogP contribution in [0.3, 0.4) is 0 Å². The molecular weight excluding hydrogens is 223 g/mol. The van der Waals surface area contributed by atoms with Gasteiger partial charge < -0.3 is 4.74 Å². The molecule has 6 heteroatoms. The first kappa shape index (κ1) is 12.0. The largest absolute Gasteiger partial charge is 0.465 e. The zero-order valence-electron chi connectivity index (χ0n) is 8.13. The van der Waals surface area contributed by atoms with E-state index in [0.29, 0.717) is 6.07 Å². The molecule has 1 aromatic rings. The van der Waals surface area contributed by atoms with Crippen LogP contribution in [0.1, 0.15) is 27.9 Å². The van der Waals surface area contributed by atoms with Crippen LogP contribution < -0.4 is 0 Å². The highest BCUT2D eigenvalue weighted by Gasteiger charge is 2.22. The third-order valence-corrected chi connectivity index (χ3v) is 1.87. The Balaban J connectivity index is 3.44. The number of hydrogen-bond donors (Lipinski definition) is 0. The molecule has 0 N–H and O–H groups in total. The van der Waals surface area contributed by atoms with Gasteiger partial charge in [0.05, 0.1) is 29.9 Å². The summed E-state index contributed by atoms with van der Waals surface area (Å²) in [5, 5.41) is 8.54. The van der Waals surface area contributed by atoms with Crippen LogP contribution in [0.25, 0.3) is 0 Å². The highest BCUT2D eigenvalue weighted by atomic mass is 19.3. The lowest BCUT2D eigenvalue weighted by atomic mass is 10.1. The summed E-state index contributed by atoms with van der Waals surface area (Å²) in [6.07, 6.45) is -3.10. The van der Waals surface area contributed by atoms with E-state index in [4.69, 9.17) is 5.26 Å². The molecular formula is C10H6F3NO2. The lowest BCUT2D eigenvalue weighted by Crippen LogP contribution is -2.08. The van der Waals surface area contributed by atoms with Gasteiger partial charge in [0, 0.05) is 0 Å². The SMILES string of the molecule is COC(=O)c1cc(C#N)cc(C(F)F)c1F. The standard InChI is InChI=1S/C10H6F3NO2/c1-16-10(15)7-3-5(4-14)2-6(8(7)11)9(12)13/h2-3,9H,1H3. The normalized spacial score (nSPS) is 10.0. The van der Waals surface area contributed by atoms with Crippen LogP contribution in [0.4, 0.5) is 13.2 Å². The molecule has 0 fully saturated rings. The van der Waals surface area contributed by atoms with Crippen LogP contribution in [0, 0.1) is 17.1 Å². The van der Waals surface area contributed by atoms with Crippen molar-refractivity contribution < 1.29 is 22.7 Å². The molecule has 0 amide bonds. The summed E-state index contributed by atoms with van der Waals surface area (Å²) < 4.78 is 42.4. The number of nitriles is 1. The Hall–Kier alpha value is -2.03. The van der Waals surface area contributed by atoms with Gasteiger partial charge in [0.25, 0.3) is 6.43 Å². The van der Waals surface area contributed by atoms with Crippen LogP contribution in [0.5, 0.6) is 0 Å². The maximum absolute atomic E-state index is 13.4. The lowest BCUT2D eigenvalue weighted by Gasteiger charge is -2.07. The number of methoxy groups -OCH3 is 1. The molecule has 0 bridgehead atoms. The van der Waals surface area contributed by atoms with Crippen molar-refractivity contribution in [2.24, 2.45) is 0 Å². The van der Waals surface area contributed by atoms with Crippen LogP contribution in [-0.2, 0) is 4.74 Å². The number of halogens is 3. The summed E-state index contributed by atoms with van der Waals surface area (Å²) in [5.74, 6) is -2.46. The van der Waals surface area contributed by atoms with E-state index >= 15 is 0 Å². The Kier molecular flexibility index (Phi) is 3.51. The second-order valence-corrected chi connectivity index (χ2v) is 2.83. The van der Waals surface area contributed by atoms with Gasteiger partial charge >= 0.3 is 5.97 Å². The summed E-state index contributed by atoms with van der Waals surface area (Å²) in [6, 6.07) is 3.13. The highest BCUT2D eigenvalue weighted by Crippen LogP contribution is 2.26. The first-order valence-electron chi connectivity index (χ1n) is 4.11. The molecule has 0 aliphatic rings. The molecule has 1 rings (SSSR count). The summed E-state index contributed by atoms with van der Waals surface area (Å²) in [5.41, 5.74) is -1.88. The third-order valence-electron chi connectivity index (χ3n) is 1.87. The third kappa shape index (κ3) is 2.14. The van der Waals surface area contributed by atoms with Crippen molar-refractivity contribution in [2.45, 2.75) is 6.43 Å². The fourth-order valence-corrected chi connectivity index (χ4v) is 1.13. The van der Waals surface area contributed by atoms with Crippen LogP contribution in [0.2, 0.25) is 0 Å². The number of alkyl halides is 2. The van der Waals surface area contributed by atoms with Gasteiger partial charge in [0.1, 0.15) is 5.82 Å². The molecule has 1 aromatic carbocycles. The van der Waals surface area contributed by atoms with Crippen molar-refractivity contribution in [2.75, 3.05) is 7.11 Å². The fraction of sp³-hybridized carbons (Fsp3) is 0.200. The number of ether oxygens (including phenoxy) is 1. The molecule has 0 radical (unpaired) electrons. The molecule has 84 valence electrons. The highest BCUT2D eigenvalue weighted by molar-refractivity contribution is 5.90. The average molecular weight is 229 g/mol. The van der Waals surface area contributed by atoms with Gasteiger partial charge in [-0.2, -0.15) is 5.26 Å². The minimum Gasteiger partial charge on any atom is -0.465 e. The predicted molar refractivity (Wildman–Crippen MR) is 47.4 cm³/mol. The molecule has 0 saturated carbocycles. The Morgan fingerprint density at radius 2 is 2.12 bits per heavy atom. The molecule has 0 aromatic heterocycles. The second-order valence-electron chi connectivity index (χ2n) is 2.83. The van der Waals surface area contributed by atoms with Crippen LogP contribution in [0.15, 0.2) is 12.1 Å². The molecule has 0 aliphatic heterocycles. The number of benzene rings is 1. The smallest absolute Gasteiger partial charge is 0.340 e. The number of carbonyl (C=O) groups is 1. The maximum atomic E-state index is 13.4. The van der Waals surface area contributed by atoms with E-state index in [1.807, 2.05) is 0 Å². The van der Waals surface area contributed by atoms with Gasteiger partial charge in [-0.05, 0) is 12.1 Å². The number of carbonyl (C=O) groups excluding carboxylic acids is 1. The molecule has 0 spiro atoms. The van der Waals surface area contributed by atoms with E-state index in [0.717, 1.165) is 13.2 Å². The van der Waals surface area contributed by atoms with E-state index < -0.39 is 29.3 Å². The van der Waals surface area contributed by atoms with E-state index in [1.165, 1.54) is 0 Å². The molecule has 0 aliphatic carbocycles. The van der Waals surface area contributed by atoms with Crippen LogP contribution >= 0.6 is 0 Å². The van der Waals surface area contributed by atoms with Crippen molar-refractivity contribution in [3.8, 4) is 6.07 Å². The van der Waals surface area contributed by atoms with Crippen molar-refractivity contribution in [1.82, 2.24) is 0 Å². The molecule has 0 saturated heterocycles. The topological polar surface area (TPSA) is 50.1 Å². The van der Waals surface area contributed by atoms with Crippen molar-refractivity contribution in [3.63, 3.8) is 0 Å². The van der Waals surface area contributed by atoms with Gasteiger partial charge in [0.15, 0.2) is 0 Å². The van der Waals surface area contributed by atoms with Gasteiger partial charge in [-0.15, -0.1) is 0 Å². The van der Waals surface area contributed by atoms with E-state index in [-0.39, 0.29) is 5.56 Å². The van der Waals surface area contributed by atoms with Crippen molar-refractivity contribution in [1.29, 1.82) is 5.26 Å². The van der Waals surface area contributed by atoms with Crippen molar-refractivity contribution in [3.05, 3.63) is 34.6 Å². The maximum Gasteiger partial charge on any atom is 0.340 e. The Labute approximate surface area is 89.1 Å². The van der Waals surface area contributed by atoms with Gasteiger partial charge in [-0.25, -0.2) is 18.0 Å².